The van der Waals surface area contributed by atoms with Crippen LogP contribution in [0.4, 0.5) is 5.69 Å². The lowest BCUT2D eigenvalue weighted by atomic mass is 10.1. The Morgan fingerprint density at radius 1 is 1.22 bits per heavy atom. The van der Waals surface area contributed by atoms with Gasteiger partial charge in [-0.3, -0.25) is 4.79 Å². The molecule has 1 atom stereocenters. The van der Waals surface area contributed by atoms with Gasteiger partial charge in [-0.25, -0.2) is 0 Å². The van der Waals surface area contributed by atoms with Gasteiger partial charge < -0.3 is 15.4 Å². The van der Waals surface area contributed by atoms with Crippen LogP contribution in [0.2, 0.25) is 5.02 Å². The third-order valence-electron chi connectivity index (χ3n) is 3.41. The summed E-state index contributed by atoms with van der Waals surface area (Å²) in [5.41, 5.74) is 1.57. The van der Waals surface area contributed by atoms with Crippen molar-refractivity contribution in [3.05, 3.63) is 59.1 Å². The van der Waals surface area contributed by atoms with Crippen LogP contribution in [0, 0.1) is 0 Å². The second kappa shape index (κ2) is 8.56. The fourth-order valence-electron chi connectivity index (χ4n) is 2.25. The molecule has 2 rings (SSSR count). The molecule has 5 heteroatoms. The summed E-state index contributed by atoms with van der Waals surface area (Å²) in [5, 5.41) is 6.63. The molecule has 122 valence electrons. The van der Waals surface area contributed by atoms with Gasteiger partial charge in [-0.1, -0.05) is 48.9 Å². The van der Waals surface area contributed by atoms with Crippen LogP contribution in [-0.4, -0.2) is 19.6 Å². The Labute approximate surface area is 141 Å². The molecule has 0 spiro atoms. The third-order valence-corrected chi connectivity index (χ3v) is 3.71. The average molecular weight is 333 g/mol. The first-order valence-electron chi connectivity index (χ1n) is 7.58. The number of ether oxygens (including phenoxy) is 1. The number of carbonyl (C=O) groups is 1. The van der Waals surface area contributed by atoms with Gasteiger partial charge in [0.2, 0.25) is 5.91 Å². The number of hydrogen-bond acceptors (Lipinski definition) is 3. The topological polar surface area (TPSA) is 50.4 Å². The zero-order valence-corrected chi connectivity index (χ0v) is 14.1. The van der Waals surface area contributed by atoms with Crippen molar-refractivity contribution in [2.24, 2.45) is 0 Å². The highest BCUT2D eigenvalue weighted by Gasteiger charge is 2.19. The Balaban J connectivity index is 2.16. The number of hydrogen-bond donors (Lipinski definition) is 2. The molecule has 2 aromatic rings. The fraction of sp³-hybridized carbons (Fsp3) is 0.278. The van der Waals surface area contributed by atoms with Crippen molar-refractivity contribution in [3.63, 3.8) is 0 Å². The van der Waals surface area contributed by atoms with E-state index in [1.807, 2.05) is 30.3 Å². The number of rotatable bonds is 7. The number of methoxy groups -OCH3 is 1. The molecule has 2 N–H and O–H groups in total. The normalized spacial score (nSPS) is 11.8. The van der Waals surface area contributed by atoms with E-state index < -0.39 is 6.04 Å². The minimum atomic E-state index is -0.406. The van der Waals surface area contributed by atoms with E-state index in [2.05, 4.69) is 17.6 Å². The minimum Gasteiger partial charge on any atom is -0.495 e. The standard InChI is InChI=1S/C18H21ClN2O2/c1-3-11-20-17(13-7-5-4-6-8-13)18(22)21-14-9-10-16(23-2)15(19)12-14/h4-10,12,17,20H,3,11H2,1-2H3,(H,21,22). The van der Waals surface area contributed by atoms with Crippen LogP contribution in [0.3, 0.4) is 0 Å². The largest absolute Gasteiger partial charge is 0.495 e. The van der Waals surface area contributed by atoms with Gasteiger partial charge in [-0.05, 0) is 36.7 Å². The van der Waals surface area contributed by atoms with E-state index in [1.165, 1.54) is 0 Å². The van der Waals surface area contributed by atoms with Crippen molar-refractivity contribution in [1.29, 1.82) is 0 Å². The van der Waals surface area contributed by atoms with Crippen LogP contribution >= 0.6 is 11.6 Å². The average Bonchev–Trinajstić information content (AvgIpc) is 2.56. The Bertz CT molecular complexity index is 647. The number of anilines is 1. The number of halogens is 1. The Morgan fingerprint density at radius 2 is 1.96 bits per heavy atom. The van der Waals surface area contributed by atoms with Crippen molar-refractivity contribution < 1.29 is 9.53 Å². The van der Waals surface area contributed by atoms with Crippen LogP contribution < -0.4 is 15.4 Å². The van der Waals surface area contributed by atoms with Gasteiger partial charge in [0.1, 0.15) is 11.8 Å². The summed E-state index contributed by atoms with van der Waals surface area (Å²) in [6.07, 6.45) is 0.949. The van der Waals surface area contributed by atoms with Crippen LogP contribution in [0.1, 0.15) is 24.9 Å². The Morgan fingerprint density at radius 3 is 2.57 bits per heavy atom. The quantitative estimate of drug-likeness (QED) is 0.805. The van der Waals surface area contributed by atoms with Gasteiger partial charge in [0, 0.05) is 5.69 Å². The van der Waals surface area contributed by atoms with Gasteiger partial charge in [-0.2, -0.15) is 0 Å². The lowest BCUT2D eigenvalue weighted by Gasteiger charge is -2.19. The van der Waals surface area contributed by atoms with Crippen molar-refractivity contribution >= 4 is 23.2 Å². The number of amides is 1. The first-order chi connectivity index (χ1) is 11.2. The Kier molecular flexibility index (Phi) is 6.44. The molecule has 0 saturated heterocycles. The zero-order valence-electron chi connectivity index (χ0n) is 13.3. The van der Waals surface area contributed by atoms with Gasteiger partial charge >= 0.3 is 0 Å². The molecule has 0 aliphatic rings. The molecule has 1 unspecified atom stereocenters. The predicted octanol–water partition coefficient (Wildman–Crippen LogP) is 4.03. The lowest BCUT2D eigenvalue weighted by molar-refractivity contribution is -0.118. The van der Waals surface area contributed by atoms with Crippen LogP contribution in [0.25, 0.3) is 0 Å². The van der Waals surface area contributed by atoms with E-state index in [0.717, 1.165) is 18.5 Å². The van der Waals surface area contributed by atoms with E-state index in [1.54, 1.807) is 25.3 Å². The molecule has 0 bridgehead atoms. The molecule has 0 radical (unpaired) electrons. The highest BCUT2D eigenvalue weighted by Crippen LogP contribution is 2.27. The number of nitrogens with one attached hydrogen (secondary N) is 2. The molecule has 0 heterocycles. The highest BCUT2D eigenvalue weighted by atomic mass is 35.5. The molecule has 0 aromatic heterocycles. The van der Waals surface area contributed by atoms with Gasteiger partial charge in [0.25, 0.3) is 0 Å². The maximum Gasteiger partial charge on any atom is 0.246 e. The molecule has 0 fully saturated rings. The van der Waals surface area contributed by atoms with E-state index in [0.29, 0.717) is 16.5 Å². The molecule has 23 heavy (non-hydrogen) atoms. The van der Waals surface area contributed by atoms with Crippen molar-refractivity contribution in [3.8, 4) is 5.75 Å². The maximum absolute atomic E-state index is 12.6. The predicted molar refractivity (Wildman–Crippen MR) is 94.1 cm³/mol. The summed E-state index contributed by atoms with van der Waals surface area (Å²) in [4.78, 5) is 12.6. The van der Waals surface area contributed by atoms with Gasteiger partial charge in [0.05, 0.1) is 12.1 Å². The summed E-state index contributed by atoms with van der Waals surface area (Å²) in [6.45, 7) is 2.83. The van der Waals surface area contributed by atoms with E-state index >= 15 is 0 Å². The SMILES string of the molecule is CCCNC(C(=O)Nc1ccc(OC)c(Cl)c1)c1ccccc1. The Hall–Kier alpha value is -2.04. The van der Waals surface area contributed by atoms with Crippen LogP contribution in [0.15, 0.2) is 48.5 Å². The smallest absolute Gasteiger partial charge is 0.246 e. The first kappa shape index (κ1) is 17.3. The second-order valence-electron chi connectivity index (χ2n) is 5.14. The molecule has 4 nitrogen and oxygen atoms in total. The minimum absolute atomic E-state index is 0.120. The van der Waals surface area contributed by atoms with Crippen molar-refractivity contribution in [1.82, 2.24) is 5.32 Å². The van der Waals surface area contributed by atoms with E-state index in [4.69, 9.17) is 16.3 Å². The zero-order chi connectivity index (χ0) is 16.7. The maximum atomic E-state index is 12.6. The molecule has 0 saturated carbocycles. The van der Waals surface area contributed by atoms with E-state index in [9.17, 15) is 4.79 Å². The molecule has 2 aromatic carbocycles. The lowest BCUT2D eigenvalue weighted by Crippen LogP contribution is -2.33. The molecule has 0 aliphatic heterocycles. The van der Waals surface area contributed by atoms with Crippen LogP contribution in [0.5, 0.6) is 5.75 Å². The fourth-order valence-corrected chi connectivity index (χ4v) is 2.51. The summed E-state index contributed by atoms with van der Waals surface area (Å²) in [7, 11) is 1.56. The second-order valence-corrected chi connectivity index (χ2v) is 5.54. The molecule has 0 aliphatic carbocycles. The summed E-state index contributed by atoms with van der Waals surface area (Å²) < 4.78 is 5.12. The molecule has 1 amide bonds. The first-order valence-corrected chi connectivity index (χ1v) is 7.96. The number of carbonyl (C=O) groups excluding carboxylic acids is 1. The highest BCUT2D eigenvalue weighted by molar-refractivity contribution is 6.32. The number of benzene rings is 2. The summed E-state index contributed by atoms with van der Waals surface area (Å²) in [6, 6.07) is 14.4. The van der Waals surface area contributed by atoms with Gasteiger partial charge in [-0.15, -0.1) is 0 Å². The summed E-state index contributed by atoms with van der Waals surface area (Å²) in [5.74, 6) is 0.458. The van der Waals surface area contributed by atoms with Crippen molar-refractivity contribution in [2.45, 2.75) is 19.4 Å². The van der Waals surface area contributed by atoms with Gasteiger partial charge in [0.15, 0.2) is 0 Å². The van der Waals surface area contributed by atoms with Crippen molar-refractivity contribution in [2.75, 3.05) is 19.0 Å². The molecular weight excluding hydrogens is 312 g/mol. The summed E-state index contributed by atoms with van der Waals surface area (Å²) >= 11 is 6.10. The molecular formula is C18H21ClN2O2. The van der Waals surface area contributed by atoms with Crippen LogP contribution in [-0.2, 0) is 4.79 Å². The third kappa shape index (κ3) is 4.71. The van der Waals surface area contributed by atoms with E-state index in [-0.39, 0.29) is 5.91 Å². The monoisotopic (exact) mass is 332 g/mol.